The topological polar surface area (TPSA) is 133 Å². The normalized spacial score (nSPS) is 11.7. The van der Waals surface area contributed by atoms with Gasteiger partial charge in [-0.2, -0.15) is 0 Å². The molecule has 0 bridgehead atoms. The number of nitrogens with two attached hydrogens (primary N) is 1. The second-order valence-corrected chi connectivity index (χ2v) is 7.47. The lowest BCUT2D eigenvalue weighted by Crippen LogP contribution is -2.32. The maximum Gasteiger partial charge on any atom is 0.428 e. The smallest absolute Gasteiger partial charge is 0.428 e. The molecule has 0 unspecified atom stereocenters. The average molecular weight is 395 g/mol. The highest BCUT2D eigenvalue weighted by molar-refractivity contribution is 6.00. The molecule has 0 saturated carbocycles. The van der Waals surface area contributed by atoms with Gasteiger partial charge in [0.2, 0.25) is 0 Å². The molecule has 3 aromatic heterocycles. The summed E-state index contributed by atoms with van der Waals surface area (Å²) in [5.41, 5.74) is 10.5. The van der Waals surface area contributed by atoms with Crippen LogP contribution in [-0.4, -0.2) is 43.6 Å². The standard InChI is InChI=1S/C19H21N7O3/c1-19(2,3)29-18(27)25-26-17-14(16(20)21-9-22-17)15(24-26)13-8-10-7-11(28-4)5-6-12(10)23-13/h5-9,23H,1-4H3,(H,25,27)(H2,20,21,22). The number of aromatic amines is 1. The Morgan fingerprint density at radius 3 is 2.76 bits per heavy atom. The van der Waals surface area contributed by atoms with Gasteiger partial charge in [0.15, 0.2) is 5.65 Å². The third-order valence-corrected chi connectivity index (χ3v) is 4.17. The van der Waals surface area contributed by atoms with Crippen molar-refractivity contribution in [1.82, 2.24) is 24.8 Å². The first-order valence-corrected chi connectivity index (χ1v) is 8.91. The van der Waals surface area contributed by atoms with Gasteiger partial charge in [-0.3, -0.25) is 0 Å². The predicted molar refractivity (Wildman–Crippen MR) is 109 cm³/mol. The van der Waals surface area contributed by atoms with E-state index in [4.69, 9.17) is 15.2 Å². The van der Waals surface area contributed by atoms with Gasteiger partial charge >= 0.3 is 6.09 Å². The van der Waals surface area contributed by atoms with Crippen molar-refractivity contribution in [2.24, 2.45) is 0 Å². The van der Waals surface area contributed by atoms with Crippen molar-refractivity contribution in [3.05, 3.63) is 30.6 Å². The van der Waals surface area contributed by atoms with E-state index >= 15 is 0 Å². The fourth-order valence-electron chi connectivity index (χ4n) is 2.99. The quantitative estimate of drug-likeness (QED) is 0.485. The summed E-state index contributed by atoms with van der Waals surface area (Å²) in [6, 6.07) is 7.60. The molecule has 0 aliphatic carbocycles. The van der Waals surface area contributed by atoms with Gasteiger partial charge in [-0.15, -0.1) is 9.89 Å². The molecule has 29 heavy (non-hydrogen) atoms. The molecule has 0 aliphatic heterocycles. The molecule has 4 aromatic rings. The van der Waals surface area contributed by atoms with Crippen LogP contribution in [0.15, 0.2) is 30.6 Å². The Balaban J connectivity index is 1.82. The zero-order chi connectivity index (χ0) is 20.8. The maximum absolute atomic E-state index is 12.2. The molecule has 1 aromatic carbocycles. The van der Waals surface area contributed by atoms with E-state index in [1.54, 1.807) is 27.9 Å². The molecule has 10 nitrogen and oxygen atoms in total. The number of carbonyl (C=O) groups is 1. The number of hydrogen-bond acceptors (Lipinski definition) is 7. The highest BCUT2D eigenvalue weighted by Gasteiger charge is 2.22. The van der Waals surface area contributed by atoms with Crippen molar-refractivity contribution in [2.75, 3.05) is 18.3 Å². The van der Waals surface area contributed by atoms with Gasteiger partial charge in [-0.05, 0) is 45.0 Å². The lowest BCUT2D eigenvalue weighted by atomic mass is 10.2. The number of hydrogen-bond donors (Lipinski definition) is 3. The number of amides is 1. The summed E-state index contributed by atoms with van der Waals surface area (Å²) in [7, 11) is 1.62. The number of ether oxygens (including phenoxy) is 2. The molecule has 0 saturated heterocycles. The Kier molecular flexibility index (Phi) is 4.26. The Morgan fingerprint density at radius 1 is 1.24 bits per heavy atom. The lowest BCUT2D eigenvalue weighted by molar-refractivity contribution is 0.0611. The summed E-state index contributed by atoms with van der Waals surface area (Å²) in [6.45, 7) is 5.33. The third-order valence-electron chi connectivity index (χ3n) is 4.17. The summed E-state index contributed by atoms with van der Waals surface area (Å²) in [6.07, 6.45) is 0.652. The first-order valence-electron chi connectivity index (χ1n) is 8.91. The predicted octanol–water partition coefficient (Wildman–Crippen LogP) is 3.04. The Morgan fingerprint density at radius 2 is 2.03 bits per heavy atom. The zero-order valence-electron chi connectivity index (χ0n) is 16.5. The van der Waals surface area contributed by atoms with E-state index in [1.165, 1.54) is 11.1 Å². The van der Waals surface area contributed by atoms with Gasteiger partial charge in [0.05, 0.1) is 18.2 Å². The molecule has 4 N–H and O–H groups in total. The minimum absolute atomic E-state index is 0.249. The van der Waals surface area contributed by atoms with E-state index in [-0.39, 0.29) is 5.82 Å². The molecule has 150 valence electrons. The van der Waals surface area contributed by atoms with E-state index in [9.17, 15) is 4.79 Å². The minimum atomic E-state index is -0.660. The average Bonchev–Trinajstić information content (AvgIpc) is 3.21. The van der Waals surface area contributed by atoms with Gasteiger partial charge in [0, 0.05) is 10.9 Å². The van der Waals surface area contributed by atoms with Crippen molar-refractivity contribution in [2.45, 2.75) is 26.4 Å². The van der Waals surface area contributed by atoms with Crippen LogP contribution in [0.2, 0.25) is 0 Å². The number of carbonyl (C=O) groups excluding carboxylic acids is 1. The number of benzene rings is 1. The van der Waals surface area contributed by atoms with Crippen molar-refractivity contribution in [1.29, 1.82) is 0 Å². The molecule has 10 heteroatoms. The van der Waals surface area contributed by atoms with Crippen LogP contribution in [0.3, 0.4) is 0 Å². The van der Waals surface area contributed by atoms with E-state index in [0.717, 1.165) is 16.7 Å². The van der Waals surface area contributed by atoms with Crippen molar-refractivity contribution < 1.29 is 14.3 Å². The second-order valence-electron chi connectivity index (χ2n) is 7.47. The van der Waals surface area contributed by atoms with Crippen LogP contribution in [-0.2, 0) is 4.74 Å². The maximum atomic E-state index is 12.2. The van der Waals surface area contributed by atoms with Crippen LogP contribution in [0.1, 0.15) is 20.8 Å². The van der Waals surface area contributed by atoms with Crippen molar-refractivity contribution >= 4 is 33.8 Å². The Bertz CT molecular complexity index is 1220. The number of nitrogens with zero attached hydrogens (tertiary/aromatic N) is 4. The highest BCUT2D eigenvalue weighted by atomic mass is 16.6. The Hall–Kier alpha value is -3.82. The number of rotatable bonds is 3. The van der Waals surface area contributed by atoms with Gasteiger partial charge in [-0.25, -0.2) is 20.2 Å². The van der Waals surface area contributed by atoms with Gasteiger partial charge in [0.25, 0.3) is 0 Å². The lowest BCUT2D eigenvalue weighted by Gasteiger charge is -2.19. The summed E-state index contributed by atoms with van der Waals surface area (Å²) >= 11 is 0. The molecule has 3 heterocycles. The monoisotopic (exact) mass is 395 g/mol. The Labute approximate surface area is 166 Å². The van der Waals surface area contributed by atoms with Gasteiger partial charge < -0.3 is 20.2 Å². The molecule has 0 aliphatic rings. The molecule has 0 atom stereocenters. The number of fused-ring (bicyclic) bond motifs is 2. The molecule has 4 rings (SSSR count). The van der Waals surface area contributed by atoms with Crippen LogP contribution < -0.4 is 15.9 Å². The van der Waals surface area contributed by atoms with E-state index in [1.807, 2.05) is 24.3 Å². The van der Waals surface area contributed by atoms with Crippen LogP contribution in [0.25, 0.3) is 33.3 Å². The van der Waals surface area contributed by atoms with E-state index < -0.39 is 11.7 Å². The van der Waals surface area contributed by atoms with Crippen molar-refractivity contribution in [3.63, 3.8) is 0 Å². The number of anilines is 1. The first kappa shape index (κ1) is 18.5. The van der Waals surface area contributed by atoms with Crippen LogP contribution in [0, 0.1) is 0 Å². The highest BCUT2D eigenvalue weighted by Crippen LogP contribution is 2.32. The fraction of sp³-hybridized carbons (Fsp3) is 0.263. The fourth-order valence-corrected chi connectivity index (χ4v) is 2.99. The number of H-pyrrole nitrogens is 1. The van der Waals surface area contributed by atoms with Crippen LogP contribution >= 0.6 is 0 Å². The number of aromatic nitrogens is 5. The second kappa shape index (κ2) is 6.66. The number of methoxy groups -OCH3 is 1. The zero-order valence-corrected chi connectivity index (χ0v) is 16.5. The van der Waals surface area contributed by atoms with Crippen molar-refractivity contribution in [3.8, 4) is 17.1 Å². The summed E-state index contributed by atoms with van der Waals surface area (Å²) < 4.78 is 10.6. The largest absolute Gasteiger partial charge is 0.497 e. The van der Waals surface area contributed by atoms with Crippen LogP contribution in [0.5, 0.6) is 5.75 Å². The number of nitrogen functional groups attached to an aromatic ring is 1. The molecule has 0 spiro atoms. The van der Waals surface area contributed by atoms with E-state index in [2.05, 4.69) is 25.5 Å². The molecular weight excluding hydrogens is 374 g/mol. The molecule has 0 fully saturated rings. The molecule has 1 amide bonds. The number of nitrogens with one attached hydrogen (secondary N) is 2. The summed E-state index contributed by atoms with van der Waals surface area (Å²) in [5.74, 6) is 0.992. The SMILES string of the molecule is COc1ccc2[nH]c(-c3nn(NC(=O)OC(C)(C)C)c4ncnc(N)c34)cc2c1. The van der Waals surface area contributed by atoms with Gasteiger partial charge in [0.1, 0.15) is 29.2 Å². The summed E-state index contributed by atoms with van der Waals surface area (Å²) in [5, 5.41) is 5.95. The van der Waals surface area contributed by atoms with E-state index in [0.29, 0.717) is 22.4 Å². The molecular formula is C19H21N7O3. The van der Waals surface area contributed by atoms with Crippen LogP contribution in [0.4, 0.5) is 10.6 Å². The molecule has 0 radical (unpaired) electrons. The van der Waals surface area contributed by atoms with Gasteiger partial charge in [-0.1, -0.05) is 0 Å². The summed E-state index contributed by atoms with van der Waals surface area (Å²) in [4.78, 5) is 25.0. The first-order chi connectivity index (χ1) is 13.7. The third kappa shape index (κ3) is 3.51. The minimum Gasteiger partial charge on any atom is -0.497 e.